The molecule has 2 aromatic carbocycles. The van der Waals surface area contributed by atoms with Crippen LogP contribution >= 0.6 is 11.3 Å². The molecular formula is C20H18N2O4S. The molecule has 1 aliphatic rings. The van der Waals surface area contributed by atoms with Gasteiger partial charge in [-0.15, -0.1) is 11.3 Å². The number of rotatable bonds is 5. The van der Waals surface area contributed by atoms with Gasteiger partial charge < -0.3 is 19.5 Å². The van der Waals surface area contributed by atoms with E-state index in [1.807, 2.05) is 25.3 Å². The zero-order valence-electron chi connectivity index (χ0n) is 14.9. The number of hydrogen-bond donors (Lipinski definition) is 1. The van der Waals surface area contributed by atoms with Crippen molar-refractivity contribution in [2.24, 2.45) is 0 Å². The summed E-state index contributed by atoms with van der Waals surface area (Å²) >= 11 is 1.50. The van der Waals surface area contributed by atoms with Crippen LogP contribution < -0.4 is 19.5 Å². The number of para-hydroxylation sites is 1. The van der Waals surface area contributed by atoms with Crippen LogP contribution in [0.25, 0.3) is 0 Å². The SMILES string of the molecule is CC1(C)Oc2ccc(NC(=O)c3ccccc3OCc3cscn3)cc2O1. The topological polar surface area (TPSA) is 69.7 Å². The Morgan fingerprint density at radius 3 is 2.81 bits per heavy atom. The molecule has 0 radical (unpaired) electrons. The van der Waals surface area contributed by atoms with Gasteiger partial charge in [0.05, 0.1) is 16.8 Å². The highest BCUT2D eigenvalue weighted by atomic mass is 32.1. The van der Waals surface area contributed by atoms with Crippen molar-refractivity contribution in [3.63, 3.8) is 0 Å². The Labute approximate surface area is 160 Å². The van der Waals surface area contributed by atoms with Crippen LogP contribution in [0, 0.1) is 0 Å². The Kier molecular flexibility index (Phi) is 4.45. The van der Waals surface area contributed by atoms with Crippen molar-refractivity contribution in [3.8, 4) is 17.2 Å². The molecule has 27 heavy (non-hydrogen) atoms. The third-order valence-corrected chi connectivity index (χ3v) is 4.54. The van der Waals surface area contributed by atoms with Crippen molar-refractivity contribution < 1.29 is 19.0 Å². The van der Waals surface area contributed by atoms with Crippen LogP contribution in [0.5, 0.6) is 17.2 Å². The van der Waals surface area contributed by atoms with Gasteiger partial charge in [0.15, 0.2) is 11.5 Å². The number of nitrogens with zero attached hydrogens (tertiary/aromatic N) is 1. The van der Waals surface area contributed by atoms with E-state index in [0.717, 1.165) is 5.69 Å². The predicted molar refractivity (Wildman–Crippen MR) is 103 cm³/mol. The van der Waals surface area contributed by atoms with Gasteiger partial charge >= 0.3 is 0 Å². The molecule has 7 heteroatoms. The molecule has 0 fully saturated rings. The van der Waals surface area contributed by atoms with E-state index < -0.39 is 5.79 Å². The summed E-state index contributed by atoms with van der Waals surface area (Å²) in [6.45, 7) is 3.98. The van der Waals surface area contributed by atoms with E-state index in [2.05, 4.69) is 10.3 Å². The van der Waals surface area contributed by atoms with E-state index in [0.29, 0.717) is 35.1 Å². The van der Waals surface area contributed by atoms with Gasteiger partial charge in [0.1, 0.15) is 12.4 Å². The zero-order valence-corrected chi connectivity index (χ0v) is 15.7. The van der Waals surface area contributed by atoms with Crippen molar-refractivity contribution in [2.75, 3.05) is 5.32 Å². The van der Waals surface area contributed by atoms with Gasteiger partial charge in [-0.25, -0.2) is 4.98 Å². The molecule has 1 aliphatic heterocycles. The fourth-order valence-electron chi connectivity index (χ4n) is 2.74. The second-order valence-corrected chi connectivity index (χ2v) is 7.20. The second-order valence-electron chi connectivity index (χ2n) is 6.48. The summed E-state index contributed by atoms with van der Waals surface area (Å²) in [5, 5.41) is 4.79. The van der Waals surface area contributed by atoms with Crippen molar-refractivity contribution in [3.05, 3.63) is 64.6 Å². The van der Waals surface area contributed by atoms with Crippen LogP contribution in [-0.4, -0.2) is 16.7 Å². The van der Waals surface area contributed by atoms with E-state index >= 15 is 0 Å². The Morgan fingerprint density at radius 2 is 2.00 bits per heavy atom. The number of hydrogen-bond acceptors (Lipinski definition) is 6. The Balaban J connectivity index is 1.49. The third-order valence-electron chi connectivity index (χ3n) is 3.90. The quantitative estimate of drug-likeness (QED) is 0.704. The highest BCUT2D eigenvalue weighted by Gasteiger charge is 2.31. The first-order valence-electron chi connectivity index (χ1n) is 8.42. The first kappa shape index (κ1) is 17.4. The monoisotopic (exact) mass is 382 g/mol. The zero-order chi connectivity index (χ0) is 18.9. The summed E-state index contributed by atoms with van der Waals surface area (Å²) in [5.74, 6) is 0.795. The van der Waals surface area contributed by atoms with E-state index in [-0.39, 0.29) is 5.91 Å². The molecule has 0 bridgehead atoms. The summed E-state index contributed by atoms with van der Waals surface area (Å²) < 4.78 is 17.2. The van der Waals surface area contributed by atoms with Gasteiger partial charge in [-0.2, -0.15) is 0 Å². The molecule has 4 rings (SSSR count). The highest BCUT2D eigenvalue weighted by molar-refractivity contribution is 7.07. The molecule has 0 saturated heterocycles. The second kappa shape index (κ2) is 6.92. The lowest BCUT2D eigenvalue weighted by Gasteiger charge is -2.16. The van der Waals surface area contributed by atoms with Gasteiger partial charge in [0, 0.05) is 31.0 Å². The molecule has 1 aromatic heterocycles. The third kappa shape index (κ3) is 3.88. The van der Waals surface area contributed by atoms with Gasteiger partial charge in [-0.1, -0.05) is 12.1 Å². The van der Waals surface area contributed by atoms with Crippen LogP contribution in [0.15, 0.2) is 53.4 Å². The number of thiazole rings is 1. The number of carbonyl (C=O) groups excluding carboxylic acids is 1. The summed E-state index contributed by atoms with van der Waals surface area (Å²) in [6, 6.07) is 12.4. The molecule has 0 atom stereocenters. The minimum Gasteiger partial charge on any atom is -0.486 e. The number of amides is 1. The maximum Gasteiger partial charge on any atom is 0.259 e. The van der Waals surface area contributed by atoms with E-state index in [9.17, 15) is 4.79 Å². The summed E-state index contributed by atoms with van der Waals surface area (Å²) in [7, 11) is 0. The van der Waals surface area contributed by atoms with E-state index in [1.54, 1.807) is 41.9 Å². The lowest BCUT2D eigenvalue weighted by molar-refractivity contribution is -0.0431. The maximum atomic E-state index is 12.7. The lowest BCUT2D eigenvalue weighted by Crippen LogP contribution is -2.29. The Bertz CT molecular complexity index is 970. The summed E-state index contributed by atoms with van der Waals surface area (Å²) in [6.07, 6.45) is 0. The molecule has 138 valence electrons. The van der Waals surface area contributed by atoms with Gasteiger partial charge in [-0.05, 0) is 24.3 Å². The highest BCUT2D eigenvalue weighted by Crippen LogP contribution is 2.40. The van der Waals surface area contributed by atoms with Gasteiger partial charge in [-0.3, -0.25) is 4.79 Å². The van der Waals surface area contributed by atoms with Crippen LogP contribution in [0.3, 0.4) is 0 Å². The minimum absolute atomic E-state index is 0.262. The minimum atomic E-state index is -0.707. The van der Waals surface area contributed by atoms with Gasteiger partial charge in [0.25, 0.3) is 5.91 Å². The maximum absolute atomic E-state index is 12.7. The first-order valence-corrected chi connectivity index (χ1v) is 9.37. The molecule has 0 aliphatic carbocycles. The molecule has 2 heterocycles. The number of aromatic nitrogens is 1. The average molecular weight is 382 g/mol. The van der Waals surface area contributed by atoms with Crippen molar-refractivity contribution in [1.29, 1.82) is 0 Å². The smallest absolute Gasteiger partial charge is 0.259 e. The van der Waals surface area contributed by atoms with Crippen molar-refractivity contribution in [1.82, 2.24) is 4.98 Å². The number of fused-ring (bicyclic) bond motifs is 1. The largest absolute Gasteiger partial charge is 0.486 e. The number of carbonyl (C=O) groups is 1. The normalized spacial score (nSPS) is 14.0. The number of ether oxygens (including phenoxy) is 3. The number of anilines is 1. The first-order chi connectivity index (χ1) is 13.0. The molecule has 0 spiro atoms. The summed E-state index contributed by atoms with van der Waals surface area (Å²) in [4.78, 5) is 16.9. The van der Waals surface area contributed by atoms with Gasteiger partial charge in [0.2, 0.25) is 5.79 Å². The van der Waals surface area contributed by atoms with Crippen molar-refractivity contribution >= 4 is 22.9 Å². The van der Waals surface area contributed by atoms with Crippen molar-refractivity contribution in [2.45, 2.75) is 26.2 Å². The number of nitrogens with one attached hydrogen (secondary N) is 1. The van der Waals surface area contributed by atoms with Crippen LogP contribution in [0.1, 0.15) is 29.9 Å². The molecular weight excluding hydrogens is 364 g/mol. The van der Waals surface area contributed by atoms with Crippen LogP contribution in [-0.2, 0) is 6.61 Å². The lowest BCUT2D eigenvalue weighted by atomic mass is 10.1. The molecule has 0 saturated carbocycles. The molecule has 0 unspecified atom stereocenters. The molecule has 1 N–H and O–H groups in total. The van der Waals surface area contributed by atoms with E-state index in [1.165, 1.54) is 11.3 Å². The van der Waals surface area contributed by atoms with E-state index in [4.69, 9.17) is 14.2 Å². The summed E-state index contributed by atoms with van der Waals surface area (Å²) in [5.41, 5.74) is 3.65. The van der Waals surface area contributed by atoms with Crippen LogP contribution in [0.4, 0.5) is 5.69 Å². The molecule has 1 amide bonds. The number of benzene rings is 2. The Hall–Kier alpha value is -3.06. The average Bonchev–Trinajstić information content (AvgIpc) is 3.25. The van der Waals surface area contributed by atoms with Crippen LogP contribution in [0.2, 0.25) is 0 Å². The fourth-order valence-corrected chi connectivity index (χ4v) is 3.28. The standard InChI is InChI=1S/C20H18N2O4S/c1-20(2)25-17-8-7-13(9-18(17)26-20)22-19(23)15-5-3-4-6-16(15)24-10-14-11-27-12-21-14/h3-9,11-12H,10H2,1-2H3,(H,22,23). The Morgan fingerprint density at radius 1 is 1.19 bits per heavy atom. The predicted octanol–water partition coefficient (Wildman–Crippen LogP) is 4.48. The molecule has 3 aromatic rings. The fraction of sp³-hybridized carbons (Fsp3) is 0.200. The molecule has 6 nitrogen and oxygen atoms in total.